The van der Waals surface area contributed by atoms with E-state index in [2.05, 4.69) is 10.6 Å². The lowest BCUT2D eigenvalue weighted by molar-refractivity contribution is -0.137. The quantitative estimate of drug-likeness (QED) is 0.383. The Morgan fingerprint density at radius 1 is 0.955 bits per heavy atom. The Labute approximate surface area is 128 Å². The summed E-state index contributed by atoms with van der Waals surface area (Å²) in [4.78, 5) is 30.1. The van der Waals surface area contributed by atoms with Crippen molar-refractivity contribution < 1.29 is 24.6 Å². The molecule has 1 aromatic carbocycles. The van der Waals surface area contributed by atoms with Gasteiger partial charge in [0.1, 0.15) is 0 Å². The maximum absolute atomic E-state index is 10.1. The standard InChI is InChI=1S/C9H11NO2.C5H10N2O3/c11-9(12)7-10-6-8-4-2-1-3-5-8;6-4(8)1-2-7-3-5(9)10/h1-5,10H,6-7H2,(H,11,12);7H,1-3H2,(H2,6,8)(H,9,10). The van der Waals surface area contributed by atoms with Crippen LogP contribution in [0.1, 0.15) is 12.0 Å². The number of nitrogens with one attached hydrogen (secondary N) is 2. The van der Waals surface area contributed by atoms with Gasteiger partial charge in [0.15, 0.2) is 0 Å². The van der Waals surface area contributed by atoms with Crippen molar-refractivity contribution in [1.82, 2.24) is 10.6 Å². The number of amides is 1. The van der Waals surface area contributed by atoms with Gasteiger partial charge in [0.25, 0.3) is 0 Å². The molecule has 1 aromatic rings. The third kappa shape index (κ3) is 14.0. The number of benzene rings is 1. The molecule has 0 spiro atoms. The van der Waals surface area contributed by atoms with Crippen LogP contribution >= 0.6 is 0 Å². The van der Waals surface area contributed by atoms with E-state index in [9.17, 15) is 14.4 Å². The Balaban J connectivity index is 0.000000409. The van der Waals surface area contributed by atoms with Gasteiger partial charge in [-0.3, -0.25) is 14.4 Å². The van der Waals surface area contributed by atoms with E-state index in [0.29, 0.717) is 13.1 Å². The van der Waals surface area contributed by atoms with Gasteiger partial charge in [-0.05, 0) is 5.56 Å². The van der Waals surface area contributed by atoms with E-state index in [1.807, 2.05) is 30.3 Å². The molecule has 0 aliphatic heterocycles. The van der Waals surface area contributed by atoms with E-state index in [1.165, 1.54) is 0 Å². The molecule has 8 heteroatoms. The van der Waals surface area contributed by atoms with Crippen molar-refractivity contribution in [2.45, 2.75) is 13.0 Å². The molecule has 0 heterocycles. The van der Waals surface area contributed by atoms with Crippen molar-refractivity contribution in [3.63, 3.8) is 0 Å². The van der Waals surface area contributed by atoms with Crippen molar-refractivity contribution in [3.8, 4) is 0 Å². The predicted octanol–water partition coefficient (Wildman–Crippen LogP) is -0.603. The minimum atomic E-state index is -0.940. The molecule has 1 rings (SSSR count). The number of hydrogen-bond acceptors (Lipinski definition) is 5. The first-order chi connectivity index (χ1) is 10.4. The molecule has 0 bridgehead atoms. The van der Waals surface area contributed by atoms with Crippen LogP contribution in [0.4, 0.5) is 0 Å². The fourth-order valence-corrected chi connectivity index (χ4v) is 1.32. The maximum atomic E-state index is 10.1. The van der Waals surface area contributed by atoms with Crippen LogP contribution in [0.25, 0.3) is 0 Å². The van der Waals surface area contributed by atoms with Gasteiger partial charge < -0.3 is 26.6 Å². The number of carboxylic acids is 2. The van der Waals surface area contributed by atoms with Crippen molar-refractivity contribution in [2.24, 2.45) is 5.73 Å². The van der Waals surface area contributed by atoms with Gasteiger partial charge in [-0.25, -0.2) is 0 Å². The lowest BCUT2D eigenvalue weighted by Crippen LogP contribution is -2.26. The lowest BCUT2D eigenvalue weighted by Gasteiger charge is -2.00. The number of rotatable bonds is 9. The lowest BCUT2D eigenvalue weighted by atomic mass is 10.2. The number of aliphatic carboxylic acids is 2. The Hall–Kier alpha value is -2.45. The van der Waals surface area contributed by atoms with E-state index >= 15 is 0 Å². The second-order valence-corrected chi connectivity index (χ2v) is 4.27. The summed E-state index contributed by atoms with van der Waals surface area (Å²) in [7, 11) is 0. The average Bonchev–Trinajstić information content (AvgIpc) is 2.45. The highest BCUT2D eigenvalue weighted by Gasteiger charge is 1.96. The van der Waals surface area contributed by atoms with E-state index in [4.69, 9.17) is 15.9 Å². The van der Waals surface area contributed by atoms with Crippen LogP contribution in [0, 0.1) is 0 Å². The molecule has 0 aliphatic carbocycles. The molecular formula is C14H21N3O5. The van der Waals surface area contributed by atoms with Gasteiger partial charge in [0.05, 0.1) is 13.1 Å². The molecule has 0 saturated carbocycles. The van der Waals surface area contributed by atoms with Gasteiger partial charge in [0, 0.05) is 19.5 Å². The van der Waals surface area contributed by atoms with Crippen LogP contribution in [-0.4, -0.2) is 47.7 Å². The molecule has 6 N–H and O–H groups in total. The molecule has 0 radical (unpaired) electrons. The summed E-state index contributed by atoms with van der Waals surface area (Å²) >= 11 is 0. The number of carbonyl (C=O) groups excluding carboxylic acids is 1. The van der Waals surface area contributed by atoms with Gasteiger partial charge >= 0.3 is 11.9 Å². The van der Waals surface area contributed by atoms with E-state index in [-0.39, 0.29) is 19.5 Å². The van der Waals surface area contributed by atoms with Crippen LogP contribution in [0.5, 0.6) is 0 Å². The van der Waals surface area contributed by atoms with Crippen LogP contribution in [0.2, 0.25) is 0 Å². The Morgan fingerprint density at radius 2 is 1.50 bits per heavy atom. The van der Waals surface area contributed by atoms with Crippen LogP contribution in [0.3, 0.4) is 0 Å². The van der Waals surface area contributed by atoms with Gasteiger partial charge in [0.2, 0.25) is 5.91 Å². The van der Waals surface area contributed by atoms with Crippen molar-refractivity contribution >= 4 is 17.8 Å². The molecule has 0 aromatic heterocycles. The monoisotopic (exact) mass is 311 g/mol. The Morgan fingerprint density at radius 3 is 2.00 bits per heavy atom. The molecule has 0 saturated heterocycles. The van der Waals surface area contributed by atoms with E-state index < -0.39 is 17.8 Å². The largest absolute Gasteiger partial charge is 0.480 e. The highest BCUT2D eigenvalue weighted by molar-refractivity contribution is 5.74. The molecule has 1 amide bonds. The first-order valence-corrected chi connectivity index (χ1v) is 6.59. The molecule has 0 aliphatic rings. The minimum Gasteiger partial charge on any atom is -0.480 e. The normalized spacial score (nSPS) is 9.45. The molecular weight excluding hydrogens is 290 g/mol. The third-order valence-electron chi connectivity index (χ3n) is 2.27. The zero-order valence-corrected chi connectivity index (χ0v) is 12.1. The van der Waals surface area contributed by atoms with Gasteiger partial charge in [-0.1, -0.05) is 30.3 Å². The SMILES string of the molecule is NC(=O)CCNCC(=O)O.O=C(O)CNCc1ccccc1. The Bertz CT molecular complexity index is 449. The second-order valence-electron chi connectivity index (χ2n) is 4.27. The topological polar surface area (TPSA) is 142 Å². The molecule has 0 unspecified atom stereocenters. The number of carbonyl (C=O) groups is 3. The molecule has 0 atom stereocenters. The van der Waals surface area contributed by atoms with E-state index in [1.54, 1.807) is 0 Å². The highest BCUT2D eigenvalue weighted by Crippen LogP contribution is 1.96. The molecule has 0 fully saturated rings. The molecule has 122 valence electrons. The van der Waals surface area contributed by atoms with E-state index in [0.717, 1.165) is 5.56 Å². The maximum Gasteiger partial charge on any atom is 0.317 e. The fraction of sp³-hybridized carbons (Fsp3) is 0.357. The summed E-state index contributed by atoms with van der Waals surface area (Å²) in [6.07, 6.45) is 0.174. The summed E-state index contributed by atoms with van der Waals surface area (Å²) in [5.41, 5.74) is 5.88. The predicted molar refractivity (Wildman–Crippen MR) is 80.1 cm³/mol. The summed E-state index contributed by atoms with van der Waals surface area (Å²) < 4.78 is 0. The third-order valence-corrected chi connectivity index (χ3v) is 2.27. The number of nitrogens with two attached hydrogens (primary N) is 1. The smallest absolute Gasteiger partial charge is 0.317 e. The number of primary amides is 1. The summed E-state index contributed by atoms with van der Waals surface area (Å²) in [5, 5.41) is 21.7. The Kier molecular flexibility index (Phi) is 10.9. The highest BCUT2D eigenvalue weighted by atomic mass is 16.4. The first-order valence-electron chi connectivity index (χ1n) is 6.59. The molecule has 22 heavy (non-hydrogen) atoms. The van der Waals surface area contributed by atoms with Gasteiger partial charge in [-0.15, -0.1) is 0 Å². The molecule has 8 nitrogen and oxygen atoms in total. The number of carboxylic acid groups (broad SMARTS) is 2. The second kappa shape index (κ2) is 12.3. The van der Waals surface area contributed by atoms with Crippen LogP contribution in [-0.2, 0) is 20.9 Å². The first kappa shape index (κ1) is 19.6. The minimum absolute atomic E-state index is 0.00882. The zero-order valence-electron chi connectivity index (χ0n) is 12.1. The van der Waals surface area contributed by atoms with Crippen molar-refractivity contribution in [1.29, 1.82) is 0 Å². The van der Waals surface area contributed by atoms with Crippen LogP contribution < -0.4 is 16.4 Å². The van der Waals surface area contributed by atoms with Gasteiger partial charge in [-0.2, -0.15) is 0 Å². The fourth-order valence-electron chi connectivity index (χ4n) is 1.32. The van der Waals surface area contributed by atoms with Crippen molar-refractivity contribution in [2.75, 3.05) is 19.6 Å². The average molecular weight is 311 g/mol. The summed E-state index contributed by atoms with van der Waals surface area (Å²) in [5.74, 6) is -2.20. The van der Waals surface area contributed by atoms with Crippen molar-refractivity contribution in [3.05, 3.63) is 35.9 Å². The summed E-state index contributed by atoms with van der Waals surface area (Å²) in [6, 6.07) is 9.69. The summed E-state index contributed by atoms with van der Waals surface area (Å²) in [6.45, 7) is 0.803. The van der Waals surface area contributed by atoms with Crippen LogP contribution in [0.15, 0.2) is 30.3 Å². The number of hydrogen-bond donors (Lipinski definition) is 5. The zero-order chi connectivity index (χ0) is 16.8.